The monoisotopic (exact) mass is 414 g/mol. The second kappa shape index (κ2) is 9.18. The van der Waals surface area contributed by atoms with Crippen molar-refractivity contribution in [2.75, 3.05) is 46.4 Å². The molecule has 1 aliphatic heterocycles. The van der Waals surface area contributed by atoms with E-state index in [2.05, 4.69) is 4.90 Å². The number of ether oxygens (including phenoxy) is 2. The summed E-state index contributed by atoms with van der Waals surface area (Å²) in [5.41, 5.74) is 2.21. The van der Waals surface area contributed by atoms with Gasteiger partial charge in [0.25, 0.3) is 5.91 Å². The molecule has 0 saturated carbocycles. The SMILES string of the molecule is COCCN1CCN(C(=O)C(C)Oc2ccc3c4c(c(=O)oc3c2)CCCC4)CC1. The van der Waals surface area contributed by atoms with E-state index in [1.165, 1.54) is 0 Å². The molecular weight excluding hydrogens is 384 g/mol. The molecule has 1 fully saturated rings. The van der Waals surface area contributed by atoms with Crippen LogP contribution in [0.15, 0.2) is 27.4 Å². The van der Waals surface area contributed by atoms with Gasteiger partial charge in [-0.15, -0.1) is 0 Å². The Morgan fingerprint density at radius 3 is 2.60 bits per heavy atom. The second-order valence-corrected chi connectivity index (χ2v) is 8.13. The van der Waals surface area contributed by atoms with Gasteiger partial charge in [-0.1, -0.05) is 0 Å². The average molecular weight is 415 g/mol. The highest BCUT2D eigenvalue weighted by Gasteiger charge is 2.26. The van der Waals surface area contributed by atoms with E-state index < -0.39 is 6.10 Å². The maximum absolute atomic E-state index is 12.8. The third-order valence-corrected chi connectivity index (χ3v) is 6.15. The summed E-state index contributed by atoms with van der Waals surface area (Å²) in [5.74, 6) is 0.523. The lowest BCUT2D eigenvalue weighted by Crippen LogP contribution is -2.52. The van der Waals surface area contributed by atoms with Gasteiger partial charge >= 0.3 is 5.63 Å². The number of hydrogen-bond donors (Lipinski definition) is 0. The van der Waals surface area contributed by atoms with Gasteiger partial charge in [0.1, 0.15) is 11.3 Å². The first-order chi connectivity index (χ1) is 14.6. The number of methoxy groups -OCH3 is 1. The number of carbonyl (C=O) groups excluding carboxylic acids is 1. The molecule has 7 nitrogen and oxygen atoms in total. The summed E-state index contributed by atoms with van der Waals surface area (Å²) in [5, 5.41) is 0.975. The van der Waals surface area contributed by atoms with E-state index in [4.69, 9.17) is 13.9 Å². The van der Waals surface area contributed by atoms with Gasteiger partial charge in [-0.05, 0) is 50.3 Å². The molecule has 1 unspecified atom stereocenters. The average Bonchev–Trinajstić information content (AvgIpc) is 2.77. The Bertz CT molecular complexity index is 962. The summed E-state index contributed by atoms with van der Waals surface area (Å²) in [6, 6.07) is 5.55. The summed E-state index contributed by atoms with van der Waals surface area (Å²) in [6.07, 6.45) is 3.22. The van der Waals surface area contributed by atoms with Crippen LogP contribution in [0.2, 0.25) is 0 Å². The molecule has 30 heavy (non-hydrogen) atoms. The number of benzene rings is 1. The smallest absolute Gasteiger partial charge is 0.339 e. The highest BCUT2D eigenvalue weighted by atomic mass is 16.5. The fourth-order valence-electron chi connectivity index (χ4n) is 4.42. The summed E-state index contributed by atoms with van der Waals surface area (Å²) in [6.45, 7) is 6.42. The maximum atomic E-state index is 12.8. The lowest BCUT2D eigenvalue weighted by molar-refractivity contribution is -0.139. The van der Waals surface area contributed by atoms with Crippen LogP contribution in [0, 0.1) is 0 Å². The van der Waals surface area contributed by atoms with Gasteiger partial charge < -0.3 is 18.8 Å². The lowest BCUT2D eigenvalue weighted by atomic mass is 9.91. The van der Waals surface area contributed by atoms with Gasteiger partial charge in [-0.2, -0.15) is 0 Å². The fourth-order valence-corrected chi connectivity index (χ4v) is 4.42. The minimum absolute atomic E-state index is 0.0200. The van der Waals surface area contributed by atoms with Crippen molar-refractivity contribution in [1.82, 2.24) is 9.80 Å². The van der Waals surface area contributed by atoms with E-state index in [9.17, 15) is 9.59 Å². The highest BCUT2D eigenvalue weighted by Crippen LogP contribution is 2.29. The van der Waals surface area contributed by atoms with Crippen molar-refractivity contribution in [3.63, 3.8) is 0 Å². The molecule has 162 valence electrons. The maximum Gasteiger partial charge on any atom is 0.339 e. The van der Waals surface area contributed by atoms with Crippen molar-refractivity contribution in [2.24, 2.45) is 0 Å². The van der Waals surface area contributed by atoms with Gasteiger partial charge in [0.15, 0.2) is 6.10 Å². The van der Waals surface area contributed by atoms with Gasteiger partial charge in [-0.25, -0.2) is 4.79 Å². The zero-order valence-corrected chi connectivity index (χ0v) is 17.8. The van der Waals surface area contributed by atoms with Gasteiger partial charge in [0.2, 0.25) is 0 Å². The molecule has 1 aliphatic carbocycles. The fraction of sp³-hybridized carbons (Fsp3) is 0.565. The van der Waals surface area contributed by atoms with Crippen molar-refractivity contribution in [3.8, 4) is 5.75 Å². The van der Waals surface area contributed by atoms with Crippen molar-refractivity contribution < 1.29 is 18.7 Å². The van der Waals surface area contributed by atoms with Gasteiger partial charge in [-0.3, -0.25) is 9.69 Å². The van der Waals surface area contributed by atoms with E-state index in [1.807, 2.05) is 17.0 Å². The minimum Gasteiger partial charge on any atom is -0.481 e. The molecule has 2 aromatic rings. The molecular formula is C23H30N2O5. The zero-order chi connectivity index (χ0) is 21.1. The quantitative estimate of drug-likeness (QED) is 0.675. The van der Waals surface area contributed by atoms with Crippen molar-refractivity contribution in [1.29, 1.82) is 0 Å². The molecule has 7 heteroatoms. The van der Waals surface area contributed by atoms with Crippen LogP contribution in [0.25, 0.3) is 11.0 Å². The zero-order valence-electron chi connectivity index (χ0n) is 17.8. The molecule has 1 atom stereocenters. The molecule has 1 aromatic heterocycles. The normalized spacial score (nSPS) is 18.3. The molecule has 2 aliphatic rings. The van der Waals surface area contributed by atoms with Crippen molar-refractivity contribution >= 4 is 16.9 Å². The Kier molecular flexibility index (Phi) is 6.39. The molecule has 1 amide bonds. The van der Waals surface area contributed by atoms with Crippen molar-refractivity contribution in [3.05, 3.63) is 39.7 Å². The van der Waals surface area contributed by atoms with Crippen LogP contribution in [-0.2, 0) is 22.4 Å². The first-order valence-corrected chi connectivity index (χ1v) is 10.8. The number of amides is 1. The predicted molar refractivity (Wildman–Crippen MR) is 114 cm³/mol. The Hall–Kier alpha value is -2.38. The summed E-state index contributed by atoms with van der Waals surface area (Å²) in [4.78, 5) is 29.3. The molecule has 0 radical (unpaired) electrons. The highest BCUT2D eigenvalue weighted by molar-refractivity contribution is 5.84. The summed E-state index contributed by atoms with van der Waals surface area (Å²) >= 11 is 0. The Balaban J connectivity index is 1.42. The van der Waals surface area contributed by atoms with Gasteiger partial charge in [0, 0.05) is 56.8 Å². The van der Waals surface area contributed by atoms with E-state index in [1.54, 1.807) is 20.1 Å². The minimum atomic E-state index is -0.600. The van der Waals surface area contributed by atoms with Crippen LogP contribution < -0.4 is 10.4 Å². The summed E-state index contributed by atoms with van der Waals surface area (Å²) < 4.78 is 16.6. The predicted octanol–water partition coefficient (Wildman–Crippen LogP) is 2.23. The van der Waals surface area contributed by atoms with Crippen LogP contribution >= 0.6 is 0 Å². The van der Waals surface area contributed by atoms with Crippen LogP contribution in [-0.4, -0.2) is 68.3 Å². The van der Waals surface area contributed by atoms with Crippen LogP contribution in [0.3, 0.4) is 0 Å². The first-order valence-electron chi connectivity index (χ1n) is 10.8. The molecule has 1 saturated heterocycles. The number of carbonyl (C=O) groups is 1. The molecule has 2 heterocycles. The van der Waals surface area contributed by atoms with E-state index in [-0.39, 0.29) is 11.5 Å². The van der Waals surface area contributed by atoms with Crippen LogP contribution in [0.1, 0.15) is 30.9 Å². The van der Waals surface area contributed by atoms with E-state index in [0.717, 1.165) is 61.8 Å². The number of fused-ring (bicyclic) bond motifs is 3. The Labute approximate surface area is 176 Å². The summed E-state index contributed by atoms with van der Waals surface area (Å²) in [7, 11) is 1.70. The molecule has 0 N–H and O–H groups in total. The first kappa shape index (κ1) is 20.9. The number of hydrogen-bond acceptors (Lipinski definition) is 6. The number of aryl methyl sites for hydroxylation is 1. The lowest BCUT2D eigenvalue weighted by Gasteiger charge is -2.35. The number of piperazine rings is 1. The molecule has 0 bridgehead atoms. The van der Waals surface area contributed by atoms with Crippen LogP contribution in [0.5, 0.6) is 5.75 Å². The molecule has 4 rings (SSSR count). The molecule has 1 aromatic carbocycles. The molecule has 0 spiro atoms. The number of rotatable bonds is 6. The topological polar surface area (TPSA) is 72.2 Å². The largest absolute Gasteiger partial charge is 0.481 e. The van der Waals surface area contributed by atoms with Crippen LogP contribution in [0.4, 0.5) is 0 Å². The number of nitrogens with zero attached hydrogens (tertiary/aromatic N) is 2. The second-order valence-electron chi connectivity index (χ2n) is 8.13. The van der Waals surface area contributed by atoms with E-state index in [0.29, 0.717) is 31.0 Å². The Morgan fingerprint density at radius 1 is 1.13 bits per heavy atom. The van der Waals surface area contributed by atoms with Gasteiger partial charge in [0.05, 0.1) is 6.61 Å². The standard InChI is InChI=1S/C23H30N2O5/c1-16(22(26)25-11-9-24(10-12-25)13-14-28-2)29-17-7-8-19-18-5-3-4-6-20(18)23(27)30-21(19)15-17/h7-8,15-16H,3-6,9-14H2,1-2H3. The third-order valence-electron chi connectivity index (χ3n) is 6.15. The third kappa shape index (κ3) is 4.37. The van der Waals surface area contributed by atoms with E-state index >= 15 is 0 Å². The Morgan fingerprint density at radius 2 is 1.87 bits per heavy atom. The van der Waals surface area contributed by atoms with Crippen molar-refractivity contribution in [2.45, 2.75) is 38.7 Å².